The lowest BCUT2D eigenvalue weighted by Crippen LogP contribution is -2.00. The minimum Gasteiger partial charge on any atom is -0.455 e. The Morgan fingerprint density at radius 1 is 0.436 bits per heavy atom. The maximum Gasteiger partial charge on any atom is 0.164 e. The Morgan fingerprint density at radius 3 is 1.64 bits per heavy atom. The number of fused-ring (bicyclic) bond motifs is 3. The van der Waals surface area contributed by atoms with Crippen molar-refractivity contribution in [2.75, 3.05) is 0 Å². The molecular weight excluding hydrogens is 675 g/mol. The van der Waals surface area contributed by atoms with Crippen LogP contribution < -0.4 is 0 Å². The van der Waals surface area contributed by atoms with E-state index in [1.165, 1.54) is 5.57 Å². The van der Waals surface area contributed by atoms with Gasteiger partial charge in [-0.25, -0.2) is 24.9 Å². The molecule has 0 radical (unpaired) electrons. The van der Waals surface area contributed by atoms with Crippen LogP contribution >= 0.6 is 0 Å². The maximum atomic E-state index is 6.70. The summed E-state index contributed by atoms with van der Waals surface area (Å²) in [6.45, 7) is 0. The number of para-hydroxylation sites is 1. The van der Waals surface area contributed by atoms with Gasteiger partial charge in [-0.05, 0) is 47.7 Å². The van der Waals surface area contributed by atoms with Crippen molar-refractivity contribution in [2.24, 2.45) is 0 Å². The van der Waals surface area contributed by atoms with Crippen molar-refractivity contribution in [3.63, 3.8) is 0 Å². The first-order valence-electron chi connectivity index (χ1n) is 18.5. The van der Waals surface area contributed by atoms with Crippen LogP contribution in [0.25, 0.3) is 95.4 Å². The summed E-state index contributed by atoms with van der Waals surface area (Å²) in [7, 11) is 0. The smallest absolute Gasteiger partial charge is 0.164 e. The van der Waals surface area contributed by atoms with E-state index in [1.807, 2.05) is 91.0 Å². The fourth-order valence-electron chi connectivity index (χ4n) is 7.31. The van der Waals surface area contributed by atoms with Crippen LogP contribution in [0.15, 0.2) is 180 Å². The molecule has 0 aliphatic heterocycles. The highest BCUT2D eigenvalue weighted by atomic mass is 16.3. The summed E-state index contributed by atoms with van der Waals surface area (Å²) in [5.41, 5.74) is 11.4. The van der Waals surface area contributed by atoms with Gasteiger partial charge >= 0.3 is 0 Å². The van der Waals surface area contributed by atoms with E-state index in [1.54, 1.807) is 0 Å². The van der Waals surface area contributed by atoms with E-state index in [2.05, 4.69) is 85.0 Å². The second-order valence-corrected chi connectivity index (χ2v) is 13.6. The van der Waals surface area contributed by atoms with E-state index in [4.69, 9.17) is 29.3 Å². The second kappa shape index (κ2) is 13.9. The predicted octanol–water partition coefficient (Wildman–Crippen LogP) is 12.3. The Kier molecular flexibility index (Phi) is 8.18. The molecule has 1 aliphatic carbocycles. The summed E-state index contributed by atoms with van der Waals surface area (Å²) in [6, 6.07) is 53.4. The van der Waals surface area contributed by atoms with Crippen molar-refractivity contribution < 1.29 is 4.42 Å². The van der Waals surface area contributed by atoms with Gasteiger partial charge in [-0.1, -0.05) is 158 Å². The Labute approximate surface area is 318 Å². The van der Waals surface area contributed by atoms with E-state index in [-0.39, 0.29) is 0 Å². The van der Waals surface area contributed by atoms with Crippen LogP contribution in [0, 0.1) is 0 Å². The van der Waals surface area contributed by atoms with Gasteiger partial charge in [0, 0.05) is 33.0 Å². The third-order valence-corrected chi connectivity index (χ3v) is 10.1. The van der Waals surface area contributed by atoms with Crippen molar-refractivity contribution in [2.45, 2.75) is 12.8 Å². The summed E-state index contributed by atoms with van der Waals surface area (Å²) in [5.74, 6) is 2.53. The average Bonchev–Trinajstić information content (AvgIpc) is 3.67. The fourth-order valence-corrected chi connectivity index (χ4v) is 7.31. The number of aromatic nitrogens is 5. The van der Waals surface area contributed by atoms with Gasteiger partial charge in [0.1, 0.15) is 11.2 Å². The van der Waals surface area contributed by atoms with Gasteiger partial charge in [0.2, 0.25) is 0 Å². The topological polar surface area (TPSA) is 77.6 Å². The van der Waals surface area contributed by atoms with E-state index >= 15 is 0 Å². The van der Waals surface area contributed by atoms with Gasteiger partial charge in [0.05, 0.1) is 17.0 Å². The molecule has 55 heavy (non-hydrogen) atoms. The van der Waals surface area contributed by atoms with Crippen LogP contribution in [-0.2, 0) is 0 Å². The zero-order chi connectivity index (χ0) is 36.6. The van der Waals surface area contributed by atoms with E-state index < -0.39 is 0 Å². The minimum atomic E-state index is 0.619. The largest absolute Gasteiger partial charge is 0.455 e. The molecule has 10 rings (SSSR count). The van der Waals surface area contributed by atoms with E-state index in [9.17, 15) is 0 Å². The Morgan fingerprint density at radius 2 is 1.00 bits per heavy atom. The molecule has 6 nitrogen and oxygen atoms in total. The van der Waals surface area contributed by atoms with Gasteiger partial charge in [0.15, 0.2) is 23.3 Å². The second-order valence-electron chi connectivity index (χ2n) is 13.6. The highest BCUT2D eigenvalue weighted by Crippen LogP contribution is 2.41. The molecular formula is C49H33N5O. The summed E-state index contributed by atoms with van der Waals surface area (Å²) in [4.78, 5) is 25.0. The predicted molar refractivity (Wildman–Crippen MR) is 222 cm³/mol. The van der Waals surface area contributed by atoms with Crippen LogP contribution in [0.1, 0.15) is 18.5 Å². The van der Waals surface area contributed by atoms with Crippen molar-refractivity contribution in [1.29, 1.82) is 0 Å². The van der Waals surface area contributed by atoms with Gasteiger partial charge in [0.25, 0.3) is 0 Å². The number of hydrogen-bond donors (Lipinski definition) is 0. The molecule has 0 unspecified atom stereocenters. The van der Waals surface area contributed by atoms with Gasteiger partial charge in [-0.3, -0.25) is 0 Å². The summed E-state index contributed by atoms with van der Waals surface area (Å²) < 4.78 is 6.70. The van der Waals surface area contributed by atoms with Crippen molar-refractivity contribution in [1.82, 2.24) is 24.9 Å². The highest BCUT2D eigenvalue weighted by Gasteiger charge is 2.20. The third kappa shape index (κ3) is 6.19. The summed E-state index contributed by atoms with van der Waals surface area (Å²) in [6.07, 6.45) is 8.40. The first-order valence-corrected chi connectivity index (χ1v) is 18.5. The molecule has 0 amide bonds. The number of benzene rings is 6. The average molecular weight is 708 g/mol. The first kappa shape index (κ1) is 32.3. The molecule has 3 aromatic heterocycles. The Hall–Kier alpha value is -7.31. The van der Waals surface area contributed by atoms with Crippen LogP contribution in [0.5, 0.6) is 0 Å². The van der Waals surface area contributed by atoms with E-state index in [0.29, 0.717) is 23.3 Å². The Balaban J connectivity index is 1.07. The summed E-state index contributed by atoms with van der Waals surface area (Å²) in [5, 5.41) is 2.06. The molecule has 0 saturated heterocycles. The standard InChI is InChI=1S/C49H33N5O/c1-5-15-33(16-6-1)41-31-42(34-17-7-2-8-18-34)51-49(50-41)40-25-13-24-39-44-38(23-14-26-43(44)55-45(39)40)32-27-29-37(30-28-32)48-53-46(35-19-9-3-10-20-35)52-47(54-48)36-21-11-4-12-22-36/h1-7,9-17,19-31H,8,18H2. The van der Waals surface area contributed by atoms with Crippen molar-refractivity contribution in [3.05, 3.63) is 182 Å². The number of allylic oxidation sites excluding steroid dienone is 4. The minimum absolute atomic E-state index is 0.619. The monoisotopic (exact) mass is 707 g/mol. The molecule has 9 aromatic rings. The lowest BCUT2D eigenvalue weighted by molar-refractivity contribution is 0.669. The van der Waals surface area contributed by atoms with E-state index in [0.717, 1.165) is 85.1 Å². The van der Waals surface area contributed by atoms with Crippen LogP contribution in [0.3, 0.4) is 0 Å². The van der Waals surface area contributed by atoms with Crippen LogP contribution in [-0.4, -0.2) is 24.9 Å². The summed E-state index contributed by atoms with van der Waals surface area (Å²) >= 11 is 0. The molecule has 1 aliphatic rings. The normalized spacial score (nSPS) is 12.6. The SMILES string of the molecule is C1=CCCC(c2cc(-c3ccccc3)nc(-c3cccc4c3oc3cccc(-c5ccc(-c6nc(-c7ccccc7)nc(-c7ccccc7)n6)cc5)c34)n2)=C1. The molecule has 0 spiro atoms. The zero-order valence-electron chi connectivity index (χ0n) is 29.8. The molecule has 6 heteroatoms. The number of nitrogens with zero attached hydrogens (tertiary/aromatic N) is 5. The maximum absolute atomic E-state index is 6.70. The quantitative estimate of drug-likeness (QED) is 0.164. The van der Waals surface area contributed by atoms with Crippen LogP contribution in [0.2, 0.25) is 0 Å². The van der Waals surface area contributed by atoms with Crippen molar-refractivity contribution >= 4 is 27.5 Å². The number of furan rings is 1. The Bertz CT molecular complexity index is 2840. The molecule has 0 atom stereocenters. The van der Waals surface area contributed by atoms with Gasteiger partial charge < -0.3 is 4.42 Å². The fraction of sp³-hybridized carbons (Fsp3) is 0.0408. The molecule has 260 valence electrons. The molecule has 0 bridgehead atoms. The van der Waals surface area contributed by atoms with Crippen molar-refractivity contribution in [3.8, 4) is 67.9 Å². The lowest BCUT2D eigenvalue weighted by atomic mass is 9.97. The van der Waals surface area contributed by atoms with Gasteiger partial charge in [-0.2, -0.15) is 0 Å². The molecule has 3 heterocycles. The zero-order valence-corrected chi connectivity index (χ0v) is 29.8. The molecule has 0 fully saturated rings. The van der Waals surface area contributed by atoms with Crippen LogP contribution in [0.4, 0.5) is 0 Å². The van der Waals surface area contributed by atoms with Gasteiger partial charge in [-0.15, -0.1) is 0 Å². The molecule has 0 saturated carbocycles. The molecule has 0 N–H and O–H groups in total. The third-order valence-electron chi connectivity index (χ3n) is 10.1. The number of hydrogen-bond acceptors (Lipinski definition) is 6. The number of rotatable bonds is 7. The lowest BCUT2D eigenvalue weighted by Gasteiger charge is -2.13. The molecule has 6 aromatic carbocycles. The first-order chi connectivity index (χ1) is 27.2. The highest BCUT2D eigenvalue weighted by molar-refractivity contribution is 6.15.